The highest BCUT2D eigenvalue weighted by atomic mass is 35.5. The Morgan fingerprint density at radius 2 is 2.00 bits per heavy atom. The van der Waals surface area contributed by atoms with Gasteiger partial charge in [-0.05, 0) is 38.5 Å². The minimum absolute atomic E-state index is 0.193. The molecule has 0 aliphatic carbocycles. The van der Waals surface area contributed by atoms with E-state index in [4.69, 9.17) is 16.3 Å². The molecule has 5 N–H and O–H groups in total. The maximum Gasteiger partial charge on any atom is 0.237 e. The molecule has 2 heterocycles. The van der Waals surface area contributed by atoms with Gasteiger partial charge in [0.15, 0.2) is 0 Å². The van der Waals surface area contributed by atoms with Crippen molar-refractivity contribution < 1.29 is 24.9 Å². The molecule has 146 valence electrons. The fourth-order valence-corrected chi connectivity index (χ4v) is 4.36. The van der Waals surface area contributed by atoms with Crippen molar-refractivity contribution in [2.75, 3.05) is 12.8 Å². The predicted octanol–water partition coefficient (Wildman–Crippen LogP) is -0.343. The Labute approximate surface area is 157 Å². The van der Waals surface area contributed by atoms with E-state index in [1.165, 1.54) is 11.8 Å². The summed E-state index contributed by atoms with van der Waals surface area (Å²) in [5.74, 6) is 0.00500. The predicted molar refractivity (Wildman–Crippen MR) is 97.6 cm³/mol. The smallest absolute Gasteiger partial charge is 0.237 e. The molecule has 0 spiro atoms. The van der Waals surface area contributed by atoms with Crippen LogP contribution in [0.2, 0.25) is 0 Å². The number of hydrogen-bond acceptors (Lipinski definition) is 7. The number of rotatable bonds is 5. The molecule has 0 saturated carbocycles. The molecule has 25 heavy (non-hydrogen) atoms. The number of alkyl halides is 1. The molecule has 9 atom stereocenters. The maximum absolute atomic E-state index is 12.7. The summed E-state index contributed by atoms with van der Waals surface area (Å²) in [4.78, 5) is 12.7. The van der Waals surface area contributed by atoms with Crippen LogP contribution < -0.4 is 10.6 Å². The molecule has 1 amide bonds. The average molecular weight is 397 g/mol. The number of thioether (sulfide) groups is 1. The largest absolute Gasteiger partial charge is 0.388 e. The van der Waals surface area contributed by atoms with Crippen LogP contribution in [0.15, 0.2) is 0 Å². The molecule has 2 saturated heterocycles. The van der Waals surface area contributed by atoms with E-state index in [1.807, 2.05) is 6.92 Å². The zero-order chi connectivity index (χ0) is 18.7. The molecule has 0 radical (unpaired) electrons. The van der Waals surface area contributed by atoms with E-state index in [0.29, 0.717) is 0 Å². The molecule has 7 nitrogen and oxygen atoms in total. The monoisotopic (exact) mass is 396 g/mol. The average Bonchev–Trinajstić information content (AvgIpc) is 2.58. The minimum Gasteiger partial charge on any atom is -0.388 e. The molecule has 2 aliphatic heterocycles. The molecular formula is C16H29ClN2O5S. The van der Waals surface area contributed by atoms with E-state index in [0.717, 1.165) is 19.4 Å². The van der Waals surface area contributed by atoms with Gasteiger partial charge in [-0.25, -0.2) is 0 Å². The molecular weight excluding hydrogens is 368 g/mol. The van der Waals surface area contributed by atoms with Gasteiger partial charge >= 0.3 is 0 Å². The van der Waals surface area contributed by atoms with Gasteiger partial charge < -0.3 is 30.7 Å². The van der Waals surface area contributed by atoms with Crippen molar-refractivity contribution in [2.24, 2.45) is 5.92 Å². The molecule has 9 heteroatoms. The number of aliphatic hydroxyl groups is 3. The SMILES string of the molecule is CSC1OC(C(NC(=O)[C@H]2NCCCC2C)C(C)Cl)C(O)C(O)C1O. The van der Waals surface area contributed by atoms with E-state index >= 15 is 0 Å². The number of halogens is 1. The normalized spacial score (nSPS) is 41.8. The van der Waals surface area contributed by atoms with E-state index < -0.39 is 41.3 Å². The van der Waals surface area contributed by atoms with E-state index in [2.05, 4.69) is 10.6 Å². The first kappa shape index (κ1) is 21.2. The minimum atomic E-state index is -1.36. The standard InChI is InChI=1S/C16H29ClN2O5S/c1-7-5-4-6-18-9(7)15(23)19-10(8(2)17)14-12(21)11(20)13(22)16(24-14)25-3/h7-14,16,18,20-22H,4-6H2,1-3H3,(H,19,23)/t7?,8?,9-,10?,11?,12?,13?,14?,16?/m0/s1. The number of piperidine rings is 1. The van der Waals surface area contributed by atoms with Crippen LogP contribution in [0.1, 0.15) is 26.7 Å². The molecule has 0 bridgehead atoms. The van der Waals surface area contributed by atoms with Gasteiger partial charge in [0.1, 0.15) is 29.9 Å². The van der Waals surface area contributed by atoms with Gasteiger partial charge in [-0.3, -0.25) is 4.79 Å². The summed E-state index contributed by atoms with van der Waals surface area (Å²) in [6.45, 7) is 4.50. The van der Waals surface area contributed by atoms with Crippen LogP contribution in [0.5, 0.6) is 0 Å². The quantitative estimate of drug-likeness (QED) is 0.404. The lowest BCUT2D eigenvalue weighted by Gasteiger charge is -2.44. The summed E-state index contributed by atoms with van der Waals surface area (Å²) in [7, 11) is 0. The molecule has 0 aromatic carbocycles. The van der Waals surface area contributed by atoms with E-state index in [9.17, 15) is 20.1 Å². The van der Waals surface area contributed by atoms with Crippen molar-refractivity contribution in [3.8, 4) is 0 Å². The summed E-state index contributed by atoms with van der Waals surface area (Å²) in [6, 6.07) is -1.02. The van der Waals surface area contributed by atoms with E-state index in [-0.39, 0.29) is 17.9 Å². The number of carbonyl (C=O) groups is 1. The molecule has 0 aromatic rings. The Bertz CT molecular complexity index is 456. The number of carbonyl (C=O) groups excluding carboxylic acids is 1. The van der Waals surface area contributed by atoms with Crippen molar-refractivity contribution in [3.05, 3.63) is 0 Å². The van der Waals surface area contributed by atoms with Crippen LogP contribution in [0.25, 0.3) is 0 Å². The number of aliphatic hydroxyl groups excluding tert-OH is 3. The van der Waals surface area contributed by atoms with Crippen LogP contribution >= 0.6 is 23.4 Å². The summed E-state index contributed by atoms with van der Waals surface area (Å²) >= 11 is 7.49. The van der Waals surface area contributed by atoms with Gasteiger partial charge in [0.2, 0.25) is 5.91 Å². The Morgan fingerprint density at radius 1 is 1.32 bits per heavy atom. The van der Waals surface area contributed by atoms with Crippen LogP contribution in [0.4, 0.5) is 0 Å². The maximum atomic E-state index is 12.7. The van der Waals surface area contributed by atoms with Gasteiger partial charge in [0.05, 0.1) is 17.5 Å². The van der Waals surface area contributed by atoms with Gasteiger partial charge in [-0.1, -0.05) is 6.92 Å². The third-order valence-electron chi connectivity index (χ3n) is 5.05. The first-order valence-electron chi connectivity index (χ1n) is 8.68. The Morgan fingerprint density at radius 3 is 2.56 bits per heavy atom. The molecule has 2 fully saturated rings. The summed E-state index contributed by atoms with van der Waals surface area (Å²) in [5, 5.41) is 36.0. The van der Waals surface area contributed by atoms with Crippen LogP contribution in [0, 0.1) is 5.92 Å². The Kier molecular flexibility index (Phi) is 7.82. The fraction of sp³-hybridized carbons (Fsp3) is 0.938. The van der Waals surface area contributed by atoms with Gasteiger partial charge in [0, 0.05) is 0 Å². The van der Waals surface area contributed by atoms with Crippen molar-refractivity contribution in [1.82, 2.24) is 10.6 Å². The van der Waals surface area contributed by atoms with E-state index in [1.54, 1.807) is 13.2 Å². The lowest BCUT2D eigenvalue weighted by Crippen LogP contribution is -2.65. The first-order chi connectivity index (χ1) is 11.8. The van der Waals surface area contributed by atoms with Crippen molar-refractivity contribution in [3.63, 3.8) is 0 Å². The van der Waals surface area contributed by atoms with Crippen molar-refractivity contribution >= 4 is 29.3 Å². The summed E-state index contributed by atoms with van der Waals surface area (Å²) in [6.07, 6.45) is -1.09. The number of hydrogen-bond donors (Lipinski definition) is 5. The topological polar surface area (TPSA) is 111 Å². The molecule has 2 aliphatic rings. The van der Waals surface area contributed by atoms with Crippen LogP contribution in [-0.2, 0) is 9.53 Å². The van der Waals surface area contributed by atoms with Crippen molar-refractivity contribution in [1.29, 1.82) is 0 Å². The van der Waals surface area contributed by atoms with Crippen LogP contribution in [0.3, 0.4) is 0 Å². The summed E-state index contributed by atoms with van der Waals surface area (Å²) in [5.41, 5.74) is -0.704. The molecule has 0 aromatic heterocycles. The molecule has 2 rings (SSSR count). The van der Waals surface area contributed by atoms with Crippen LogP contribution in [-0.4, -0.2) is 81.3 Å². The number of ether oxygens (including phenoxy) is 1. The Balaban J connectivity index is 2.12. The second kappa shape index (κ2) is 9.21. The van der Waals surface area contributed by atoms with Gasteiger partial charge in [-0.15, -0.1) is 23.4 Å². The first-order valence-corrected chi connectivity index (χ1v) is 10.4. The fourth-order valence-electron chi connectivity index (χ4n) is 3.48. The van der Waals surface area contributed by atoms with Gasteiger partial charge in [-0.2, -0.15) is 0 Å². The highest BCUT2D eigenvalue weighted by Crippen LogP contribution is 2.30. The third kappa shape index (κ3) is 4.80. The third-order valence-corrected chi connectivity index (χ3v) is 6.17. The second-order valence-electron chi connectivity index (χ2n) is 6.94. The molecule has 8 unspecified atom stereocenters. The van der Waals surface area contributed by atoms with Crippen molar-refractivity contribution in [2.45, 2.75) is 74.0 Å². The zero-order valence-electron chi connectivity index (χ0n) is 14.8. The number of nitrogens with one attached hydrogen (secondary N) is 2. The van der Waals surface area contributed by atoms with Gasteiger partial charge in [0.25, 0.3) is 0 Å². The lowest BCUT2D eigenvalue weighted by molar-refractivity contribution is -0.205. The zero-order valence-corrected chi connectivity index (χ0v) is 16.3. The highest BCUT2D eigenvalue weighted by molar-refractivity contribution is 7.99. The lowest BCUT2D eigenvalue weighted by atomic mass is 9.90. The summed E-state index contributed by atoms with van der Waals surface area (Å²) < 4.78 is 5.75. The highest BCUT2D eigenvalue weighted by Gasteiger charge is 2.48. The Hall–Kier alpha value is -0.0900. The number of amides is 1. The second-order valence-corrected chi connectivity index (χ2v) is 8.56.